The summed E-state index contributed by atoms with van der Waals surface area (Å²) in [5.41, 5.74) is 5.85. The Hall–Kier alpha value is -2.91. The highest BCUT2D eigenvalue weighted by atomic mass is 32.2. The third-order valence-corrected chi connectivity index (χ3v) is 13.8. The lowest BCUT2D eigenvalue weighted by Crippen LogP contribution is -2.41. The molecule has 0 bridgehead atoms. The van der Waals surface area contributed by atoms with Crippen LogP contribution in [0.15, 0.2) is 81.6 Å². The number of hydrogen-bond donors (Lipinski definition) is 4. The smallest absolute Gasteiger partial charge is 0.294 e. The number of benzene rings is 2. The molecule has 2 aromatic rings. The fourth-order valence-electron chi connectivity index (χ4n) is 7.91. The lowest BCUT2D eigenvalue weighted by Gasteiger charge is -2.34. The van der Waals surface area contributed by atoms with Gasteiger partial charge in [0.05, 0.1) is 33.9 Å². The fourth-order valence-corrected chi connectivity index (χ4v) is 9.96. The van der Waals surface area contributed by atoms with Crippen LogP contribution in [0.2, 0.25) is 0 Å². The van der Waals surface area contributed by atoms with Gasteiger partial charge in [-0.25, -0.2) is 5.26 Å². The molecule has 14 nitrogen and oxygen atoms in total. The summed E-state index contributed by atoms with van der Waals surface area (Å²) in [7, 11) is -12.6. The van der Waals surface area contributed by atoms with Gasteiger partial charge in [-0.15, -0.1) is 4.33 Å². The fraction of sp³-hybridized carbons (Fsp3) is 0.486. The molecule has 2 heterocycles. The molecule has 0 fully saturated rings. The molecule has 0 radical (unpaired) electrons. The van der Waals surface area contributed by atoms with E-state index in [0.29, 0.717) is 38.8 Å². The molecule has 2 aromatic carbocycles. The van der Waals surface area contributed by atoms with Gasteiger partial charge in [0.1, 0.15) is 6.54 Å². The molecule has 0 amide bonds. The van der Waals surface area contributed by atoms with Crippen molar-refractivity contribution in [1.29, 1.82) is 0 Å². The van der Waals surface area contributed by atoms with Crippen LogP contribution in [0.4, 0.5) is 11.4 Å². The highest BCUT2D eigenvalue weighted by Crippen LogP contribution is 2.48. The quantitative estimate of drug-likeness (QED) is 0.0303. The minimum atomic E-state index is -4.43. The lowest BCUT2D eigenvalue weighted by molar-refractivity contribution is -0.438. The van der Waals surface area contributed by atoms with E-state index in [-0.39, 0.29) is 28.9 Å². The lowest BCUT2D eigenvalue weighted by atomic mass is 9.79. The second-order valence-corrected chi connectivity index (χ2v) is 20.5. The van der Waals surface area contributed by atoms with Gasteiger partial charge in [-0.3, -0.25) is 13.7 Å². The predicted octanol–water partition coefficient (Wildman–Crippen LogP) is 6.83. The summed E-state index contributed by atoms with van der Waals surface area (Å²) in [6.07, 6.45) is 12.3. The molecular formula is C37H49N2O12S4+. The van der Waals surface area contributed by atoms with E-state index in [9.17, 15) is 38.9 Å². The van der Waals surface area contributed by atoms with Gasteiger partial charge in [0.25, 0.3) is 30.4 Å². The highest BCUT2D eigenvalue weighted by Gasteiger charge is 2.45. The van der Waals surface area contributed by atoms with Gasteiger partial charge >= 0.3 is 0 Å². The van der Waals surface area contributed by atoms with Crippen LogP contribution in [0.3, 0.4) is 0 Å². The molecular weight excluding hydrogens is 793 g/mol. The molecule has 0 aromatic heterocycles. The molecule has 1 atom stereocenters. The van der Waals surface area contributed by atoms with Crippen LogP contribution in [-0.2, 0) is 50.6 Å². The standard InChI is InChI=1S/C37H48N2O12S4/c1-36(2)30-24-28(52-51-50-40)13-15-32(30)38(19-5-7-21-53(41,42)43)34(36)17-11-26-9-10-27(23-26)12-18-35-37(3,4)31-25-29(55(47,48)49)14-16-33(31)39(35)20-6-8-22-54(44,45)46/h11-17,23-25,35H,5-10,18-22H2,1-4H3,(H3-,40,41,42,43,44,45,46,47,48,49)/p+1. The Morgan fingerprint density at radius 2 is 1.56 bits per heavy atom. The second kappa shape index (κ2) is 16.9. The van der Waals surface area contributed by atoms with Crippen LogP contribution in [-0.4, -0.2) is 85.1 Å². The van der Waals surface area contributed by atoms with Crippen molar-refractivity contribution in [2.45, 2.75) is 99.3 Å². The maximum Gasteiger partial charge on any atom is 0.294 e. The van der Waals surface area contributed by atoms with Gasteiger partial charge in [0, 0.05) is 52.7 Å². The van der Waals surface area contributed by atoms with Gasteiger partial charge in [-0.2, -0.15) is 29.8 Å². The van der Waals surface area contributed by atoms with Gasteiger partial charge in [0.2, 0.25) is 5.69 Å². The van der Waals surface area contributed by atoms with Crippen molar-refractivity contribution in [1.82, 2.24) is 0 Å². The second-order valence-electron chi connectivity index (χ2n) is 15.2. The molecule has 18 heteroatoms. The average Bonchev–Trinajstić information content (AvgIpc) is 3.69. The number of anilines is 1. The number of fused-ring (bicyclic) bond motifs is 2. The first-order valence-electron chi connectivity index (χ1n) is 17.9. The van der Waals surface area contributed by atoms with Crippen LogP contribution >= 0.6 is 12.0 Å². The van der Waals surface area contributed by atoms with E-state index in [0.717, 1.165) is 69.1 Å². The van der Waals surface area contributed by atoms with Crippen molar-refractivity contribution >= 4 is 59.5 Å². The molecule has 4 N–H and O–H groups in total. The third-order valence-electron chi connectivity index (χ3n) is 10.7. The van der Waals surface area contributed by atoms with Crippen LogP contribution in [0, 0.1) is 0 Å². The molecule has 55 heavy (non-hydrogen) atoms. The van der Waals surface area contributed by atoms with E-state index < -0.39 is 41.2 Å². The van der Waals surface area contributed by atoms with Crippen molar-refractivity contribution < 1.29 is 58.1 Å². The summed E-state index contributed by atoms with van der Waals surface area (Å²) in [5.74, 6) is -0.669. The van der Waals surface area contributed by atoms with E-state index in [1.54, 1.807) is 6.07 Å². The summed E-state index contributed by atoms with van der Waals surface area (Å²) < 4.78 is 105. The van der Waals surface area contributed by atoms with E-state index in [2.05, 4.69) is 57.0 Å². The SMILES string of the molecule is CC1(C)C(C=CC2=CC(=CCC3N(CCCCS(=O)(=O)O)c4ccc(S(=O)(=O)O)cc4C3(C)C)CC2)=[N+](CCCCS(=O)(=O)O)c2ccc(SOOO)cc21. The van der Waals surface area contributed by atoms with Crippen molar-refractivity contribution in [3.63, 3.8) is 0 Å². The first kappa shape index (κ1) is 43.2. The zero-order valence-corrected chi connectivity index (χ0v) is 34.5. The number of rotatable bonds is 18. The monoisotopic (exact) mass is 841 g/mol. The van der Waals surface area contributed by atoms with E-state index in [1.807, 2.05) is 32.0 Å². The average molecular weight is 842 g/mol. The molecule has 3 aliphatic rings. The van der Waals surface area contributed by atoms with Crippen LogP contribution in [0.5, 0.6) is 0 Å². The zero-order chi connectivity index (χ0) is 40.4. The van der Waals surface area contributed by atoms with Crippen LogP contribution in [0.25, 0.3) is 0 Å². The molecule has 1 unspecified atom stereocenters. The van der Waals surface area contributed by atoms with Crippen molar-refractivity contribution in [3.05, 3.63) is 83.0 Å². The molecule has 0 saturated heterocycles. The Morgan fingerprint density at radius 1 is 0.873 bits per heavy atom. The minimum Gasteiger partial charge on any atom is -0.367 e. The summed E-state index contributed by atoms with van der Waals surface area (Å²) in [6, 6.07) is 10.2. The highest BCUT2D eigenvalue weighted by molar-refractivity contribution is 7.94. The largest absolute Gasteiger partial charge is 0.367 e. The minimum absolute atomic E-state index is 0.106. The van der Waals surface area contributed by atoms with Gasteiger partial charge in [-0.05, 0) is 93.8 Å². The normalized spacial score (nSPS) is 20.1. The molecule has 2 aliphatic heterocycles. The first-order chi connectivity index (χ1) is 25.6. The summed E-state index contributed by atoms with van der Waals surface area (Å²) in [4.78, 5) is 2.69. The number of hydrogen-bond acceptors (Lipinski definition) is 11. The molecule has 5 rings (SSSR count). The number of nitrogens with zero attached hydrogens (tertiary/aromatic N) is 2. The molecule has 1 aliphatic carbocycles. The first-order valence-corrected chi connectivity index (χ1v) is 23.3. The molecule has 302 valence electrons. The Balaban J connectivity index is 1.39. The molecule has 0 saturated carbocycles. The maximum atomic E-state index is 12.0. The maximum absolute atomic E-state index is 12.0. The van der Waals surface area contributed by atoms with Crippen molar-refractivity contribution in [3.8, 4) is 0 Å². The number of unbranched alkanes of at least 4 members (excludes halogenated alkanes) is 2. The number of allylic oxidation sites excluding steroid dienone is 5. The Bertz CT molecular complexity index is 2240. The van der Waals surface area contributed by atoms with Gasteiger partial charge in [0.15, 0.2) is 5.71 Å². The topological polar surface area (TPSA) is 208 Å². The summed E-state index contributed by atoms with van der Waals surface area (Å²) in [5, 5.41) is 12.4. The Morgan fingerprint density at radius 3 is 2.22 bits per heavy atom. The summed E-state index contributed by atoms with van der Waals surface area (Å²) >= 11 is 0.869. The van der Waals surface area contributed by atoms with Crippen LogP contribution < -0.4 is 4.90 Å². The summed E-state index contributed by atoms with van der Waals surface area (Å²) in [6.45, 7) is 9.27. The Labute approximate surface area is 327 Å². The predicted molar refractivity (Wildman–Crippen MR) is 211 cm³/mol. The van der Waals surface area contributed by atoms with Gasteiger partial charge in [-0.1, -0.05) is 42.7 Å². The van der Waals surface area contributed by atoms with Crippen molar-refractivity contribution in [2.24, 2.45) is 0 Å². The zero-order valence-electron chi connectivity index (χ0n) is 31.2. The third kappa shape index (κ3) is 10.5. The molecule has 0 spiro atoms. The Kier molecular flexibility index (Phi) is 13.3. The van der Waals surface area contributed by atoms with Crippen molar-refractivity contribution in [2.75, 3.05) is 29.5 Å². The van der Waals surface area contributed by atoms with E-state index >= 15 is 0 Å². The van der Waals surface area contributed by atoms with Gasteiger partial charge < -0.3 is 4.90 Å². The van der Waals surface area contributed by atoms with Crippen LogP contribution in [0.1, 0.15) is 83.8 Å². The van der Waals surface area contributed by atoms with E-state index in [4.69, 9.17) is 5.26 Å². The van der Waals surface area contributed by atoms with E-state index in [1.165, 1.54) is 12.1 Å².